The molecular formula is C21H23N3OS. The summed E-state index contributed by atoms with van der Waals surface area (Å²) in [5.74, 6) is 0.0108. The van der Waals surface area contributed by atoms with Crippen LogP contribution in [0.4, 0.5) is 5.13 Å². The molecular weight excluding hydrogens is 342 g/mol. The van der Waals surface area contributed by atoms with Crippen LogP contribution in [0.1, 0.15) is 48.1 Å². The van der Waals surface area contributed by atoms with Crippen molar-refractivity contribution in [2.75, 3.05) is 11.5 Å². The minimum Gasteiger partial charge on any atom is -0.394 e. The van der Waals surface area contributed by atoms with E-state index >= 15 is 0 Å². The molecule has 0 unspecified atom stereocenters. The zero-order chi connectivity index (χ0) is 18.1. The maximum atomic E-state index is 10.1. The first-order valence-corrected chi connectivity index (χ1v) is 10.1. The summed E-state index contributed by atoms with van der Waals surface area (Å²) in [6.45, 7) is 2.13. The lowest BCUT2D eigenvalue weighted by molar-refractivity contribution is 0.187. The Balaban J connectivity index is 1.70. The number of benzene rings is 1. The number of hydrogen-bond acceptors (Lipinski definition) is 5. The summed E-state index contributed by atoms with van der Waals surface area (Å²) in [6.07, 6.45) is 8.56. The van der Waals surface area contributed by atoms with E-state index in [2.05, 4.69) is 42.3 Å². The zero-order valence-corrected chi connectivity index (χ0v) is 15.7. The van der Waals surface area contributed by atoms with Gasteiger partial charge in [-0.1, -0.05) is 37.3 Å². The Bertz CT molecular complexity index is 866. The Morgan fingerprint density at radius 3 is 2.88 bits per heavy atom. The first-order valence-electron chi connectivity index (χ1n) is 9.30. The number of anilines is 1. The van der Waals surface area contributed by atoms with E-state index in [1.54, 1.807) is 11.3 Å². The van der Waals surface area contributed by atoms with Crippen molar-refractivity contribution in [2.45, 2.75) is 50.6 Å². The Kier molecular flexibility index (Phi) is 4.80. The third-order valence-corrected chi connectivity index (χ3v) is 6.70. The van der Waals surface area contributed by atoms with E-state index in [0.29, 0.717) is 0 Å². The molecule has 1 aromatic heterocycles. The van der Waals surface area contributed by atoms with Crippen molar-refractivity contribution in [3.05, 3.63) is 52.5 Å². The first kappa shape index (κ1) is 17.3. The molecule has 2 aromatic rings. The van der Waals surface area contributed by atoms with Crippen LogP contribution in [-0.4, -0.2) is 28.8 Å². The monoisotopic (exact) mass is 365 g/mol. The normalized spacial score (nSPS) is 24.9. The van der Waals surface area contributed by atoms with E-state index in [1.807, 2.05) is 17.2 Å². The summed E-state index contributed by atoms with van der Waals surface area (Å²) in [6, 6.07) is 10.5. The molecule has 1 aliphatic heterocycles. The van der Waals surface area contributed by atoms with Crippen molar-refractivity contribution in [1.29, 1.82) is 5.26 Å². The lowest BCUT2D eigenvalue weighted by Crippen LogP contribution is -2.63. The second-order valence-corrected chi connectivity index (χ2v) is 8.02. The number of nitriles is 1. The minimum absolute atomic E-state index is 0.0108. The second kappa shape index (κ2) is 7.22. The van der Waals surface area contributed by atoms with E-state index in [-0.39, 0.29) is 24.6 Å². The highest BCUT2D eigenvalue weighted by Crippen LogP contribution is 2.47. The van der Waals surface area contributed by atoms with Crippen molar-refractivity contribution in [3.63, 3.8) is 0 Å². The molecule has 3 atom stereocenters. The minimum atomic E-state index is -0.286. The van der Waals surface area contributed by atoms with Crippen molar-refractivity contribution in [1.82, 2.24) is 4.98 Å². The third-order valence-electron chi connectivity index (χ3n) is 5.55. The van der Waals surface area contributed by atoms with E-state index < -0.39 is 0 Å². The van der Waals surface area contributed by atoms with Crippen LogP contribution in [0.2, 0.25) is 0 Å². The molecule has 1 fully saturated rings. The summed E-state index contributed by atoms with van der Waals surface area (Å²) in [5, 5.41) is 20.8. The zero-order valence-electron chi connectivity index (χ0n) is 14.9. The molecule has 134 valence electrons. The predicted molar refractivity (Wildman–Crippen MR) is 105 cm³/mol. The van der Waals surface area contributed by atoms with Gasteiger partial charge in [0.2, 0.25) is 0 Å². The summed E-state index contributed by atoms with van der Waals surface area (Å²) in [5.41, 5.74) is 3.83. The molecule has 0 radical (unpaired) electrons. The van der Waals surface area contributed by atoms with E-state index in [0.717, 1.165) is 24.4 Å². The Hall–Kier alpha value is -2.16. The smallest absolute Gasteiger partial charge is 0.186 e. The van der Waals surface area contributed by atoms with Crippen molar-refractivity contribution >= 4 is 22.0 Å². The first-order chi connectivity index (χ1) is 12.8. The van der Waals surface area contributed by atoms with Crippen LogP contribution in [0.25, 0.3) is 5.57 Å². The number of aliphatic hydroxyl groups excluding tert-OH is 1. The summed E-state index contributed by atoms with van der Waals surface area (Å²) < 4.78 is 0. The predicted octanol–water partition coefficient (Wildman–Crippen LogP) is 4.13. The number of rotatable bonds is 5. The van der Waals surface area contributed by atoms with Crippen LogP contribution in [0.3, 0.4) is 0 Å². The van der Waals surface area contributed by atoms with Crippen LogP contribution in [0.15, 0.2) is 36.5 Å². The topological polar surface area (TPSA) is 60.2 Å². The average molecular weight is 366 g/mol. The van der Waals surface area contributed by atoms with Gasteiger partial charge in [0.05, 0.1) is 18.7 Å². The molecule has 2 aliphatic rings. The number of aliphatic hydroxyl groups is 1. The van der Waals surface area contributed by atoms with Crippen molar-refractivity contribution in [3.8, 4) is 6.07 Å². The van der Waals surface area contributed by atoms with Gasteiger partial charge in [-0.15, -0.1) is 11.3 Å². The number of aryl methyl sites for hydroxylation is 1. The van der Waals surface area contributed by atoms with Crippen molar-refractivity contribution in [2.24, 2.45) is 0 Å². The van der Waals surface area contributed by atoms with Gasteiger partial charge in [0.1, 0.15) is 6.04 Å². The molecule has 1 saturated heterocycles. The van der Waals surface area contributed by atoms with Crippen LogP contribution >= 0.6 is 11.3 Å². The third kappa shape index (κ3) is 2.74. The maximum absolute atomic E-state index is 10.1. The van der Waals surface area contributed by atoms with Crippen LogP contribution in [-0.2, 0) is 6.42 Å². The molecule has 4 rings (SSSR count). The van der Waals surface area contributed by atoms with Gasteiger partial charge in [0.15, 0.2) is 5.13 Å². The number of hydrogen-bond donors (Lipinski definition) is 1. The molecule has 0 saturated carbocycles. The van der Waals surface area contributed by atoms with Gasteiger partial charge < -0.3 is 10.0 Å². The Morgan fingerprint density at radius 2 is 2.23 bits per heavy atom. The molecule has 1 aromatic carbocycles. The molecule has 0 bridgehead atoms. The highest BCUT2D eigenvalue weighted by atomic mass is 32.1. The van der Waals surface area contributed by atoms with Crippen LogP contribution in [0, 0.1) is 11.3 Å². The molecule has 0 amide bonds. The van der Waals surface area contributed by atoms with Crippen molar-refractivity contribution < 1.29 is 5.11 Å². The standard InChI is InChI=1S/C21H23N3OS/c1-2-15-12-23-21(26-15)24-18(11-22)20(19(24)13-25)17-10-6-5-9-16(17)14-7-3-4-8-14/h5-7,9-10,12,18-20,25H,2-4,8,13H2,1H3/t18-,19+,20-/m1/s1. The van der Waals surface area contributed by atoms with Crippen LogP contribution in [0.5, 0.6) is 0 Å². The van der Waals surface area contributed by atoms with Gasteiger partial charge in [-0.05, 0) is 42.4 Å². The summed E-state index contributed by atoms with van der Waals surface area (Å²) >= 11 is 1.62. The van der Waals surface area contributed by atoms with Gasteiger partial charge in [-0.25, -0.2) is 4.98 Å². The number of aromatic nitrogens is 1. The lowest BCUT2D eigenvalue weighted by atomic mass is 9.73. The quantitative estimate of drug-likeness (QED) is 0.865. The largest absolute Gasteiger partial charge is 0.394 e. The summed E-state index contributed by atoms with van der Waals surface area (Å²) in [7, 11) is 0. The SMILES string of the molecule is CCc1cnc(N2[C@H](C#N)[C@@H](c3ccccc3C3=CCCC3)[C@@H]2CO)s1. The Labute approximate surface area is 158 Å². The highest BCUT2D eigenvalue weighted by molar-refractivity contribution is 7.15. The lowest BCUT2D eigenvalue weighted by Gasteiger charge is -2.52. The average Bonchev–Trinajstić information content (AvgIpc) is 3.34. The second-order valence-electron chi connectivity index (χ2n) is 6.93. The molecule has 26 heavy (non-hydrogen) atoms. The van der Waals surface area contributed by atoms with E-state index in [9.17, 15) is 10.4 Å². The fourth-order valence-corrected chi connectivity index (χ4v) is 5.16. The molecule has 1 aliphatic carbocycles. The molecule has 4 nitrogen and oxygen atoms in total. The number of nitrogens with zero attached hydrogens (tertiary/aromatic N) is 3. The van der Waals surface area contributed by atoms with Gasteiger partial charge in [0, 0.05) is 17.0 Å². The highest BCUT2D eigenvalue weighted by Gasteiger charge is 2.51. The molecule has 5 heteroatoms. The molecule has 1 N–H and O–H groups in total. The van der Waals surface area contributed by atoms with Gasteiger partial charge >= 0.3 is 0 Å². The van der Waals surface area contributed by atoms with Gasteiger partial charge in [-0.2, -0.15) is 5.26 Å². The Morgan fingerprint density at radius 1 is 1.38 bits per heavy atom. The molecule has 2 heterocycles. The van der Waals surface area contributed by atoms with Gasteiger partial charge in [0.25, 0.3) is 0 Å². The fourth-order valence-electron chi connectivity index (χ4n) is 4.22. The van der Waals surface area contributed by atoms with E-state index in [1.165, 1.54) is 28.0 Å². The number of thiazole rings is 1. The van der Waals surface area contributed by atoms with E-state index in [4.69, 9.17) is 0 Å². The maximum Gasteiger partial charge on any atom is 0.186 e. The van der Waals surface area contributed by atoms with Gasteiger partial charge in [-0.3, -0.25) is 0 Å². The fraction of sp³-hybridized carbons (Fsp3) is 0.429. The number of allylic oxidation sites excluding steroid dienone is 2. The summed E-state index contributed by atoms with van der Waals surface area (Å²) in [4.78, 5) is 7.71. The molecule has 0 spiro atoms. The van der Waals surface area contributed by atoms with Crippen LogP contribution < -0.4 is 4.90 Å².